The van der Waals surface area contributed by atoms with Crippen molar-refractivity contribution < 1.29 is 33.2 Å². The Labute approximate surface area is 190 Å². The van der Waals surface area contributed by atoms with Gasteiger partial charge in [0.1, 0.15) is 18.8 Å². The lowest BCUT2D eigenvalue weighted by Crippen LogP contribution is -2.55. The highest BCUT2D eigenvalue weighted by Crippen LogP contribution is 2.36. The summed E-state index contributed by atoms with van der Waals surface area (Å²) in [5.41, 5.74) is 0.0720. The topological polar surface area (TPSA) is 100 Å². The molecular formula is C23H34BNO7. The first kappa shape index (κ1) is 25.9. The van der Waals surface area contributed by atoms with Gasteiger partial charge < -0.3 is 24.1 Å². The van der Waals surface area contributed by atoms with Crippen molar-refractivity contribution in [1.29, 1.82) is 0 Å². The van der Waals surface area contributed by atoms with Gasteiger partial charge in [-0.1, -0.05) is 24.3 Å². The van der Waals surface area contributed by atoms with Crippen LogP contribution >= 0.6 is 0 Å². The lowest BCUT2D eigenvalue weighted by molar-refractivity contribution is -0.150. The van der Waals surface area contributed by atoms with Crippen LogP contribution in [0.1, 0.15) is 60.5 Å². The molecular weight excluding hydrogens is 413 g/mol. The largest absolute Gasteiger partial charge is 0.494 e. The molecule has 0 bridgehead atoms. The number of hydrogen-bond acceptors (Lipinski definition) is 7. The number of carbonyl (C=O) groups is 3. The van der Waals surface area contributed by atoms with Gasteiger partial charge in [-0.05, 0) is 51.6 Å². The second-order valence-corrected chi connectivity index (χ2v) is 9.35. The highest BCUT2D eigenvalue weighted by molar-refractivity contribution is 6.62. The van der Waals surface area contributed by atoms with Gasteiger partial charge in [0.05, 0.1) is 11.2 Å². The molecule has 9 heteroatoms. The van der Waals surface area contributed by atoms with Crippen LogP contribution in [-0.2, 0) is 39.6 Å². The summed E-state index contributed by atoms with van der Waals surface area (Å²) in [6.07, 6.45) is 0.968. The van der Waals surface area contributed by atoms with Crippen LogP contribution in [0.3, 0.4) is 0 Å². The smallest absolute Gasteiger partial charge is 0.463 e. The molecule has 1 saturated heterocycles. The fourth-order valence-electron chi connectivity index (χ4n) is 3.38. The Balaban J connectivity index is 2.13. The third-order valence-electron chi connectivity index (χ3n) is 5.94. The van der Waals surface area contributed by atoms with E-state index >= 15 is 0 Å². The minimum atomic E-state index is -1.02. The van der Waals surface area contributed by atoms with E-state index in [1.165, 1.54) is 20.8 Å². The van der Waals surface area contributed by atoms with Crippen LogP contribution in [0.15, 0.2) is 24.3 Å². The maximum absolute atomic E-state index is 11.8. The maximum Gasteiger partial charge on any atom is 0.494 e. The number of benzene rings is 1. The summed E-state index contributed by atoms with van der Waals surface area (Å²) in [7, 11) is -0.444. The Morgan fingerprint density at radius 2 is 1.38 bits per heavy atom. The van der Waals surface area contributed by atoms with E-state index in [0.717, 1.165) is 11.0 Å². The van der Waals surface area contributed by atoms with Crippen molar-refractivity contribution in [3.8, 4) is 0 Å². The monoisotopic (exact) mass is 447 g/mol. The minimum Gasteiger partial charge on any atom is -0.463 e. The number of rotatable bonds is 9. The second kappa shape index (κ2) is 10.0. The molecule has 1 heterocycles. The molecule has 1 aliphatic rings. The number of aryl methyl sites for hydroxylation is 1. The van der Waals surface area contributed by atoms with Crippen LogP contribution in [0, 0.1) is 0 Å². The van der Waals surface area contributed by atoms with Gasteiger partial charge in [-0.2, -0.15) is 0 Å². The molecule has 1 aliphatic heterocycles. The van der Waals surface area contributed by atoms with E-state index in [1.54, 1.807) is 0 Å². The molecule has 32 heavy (non-hydrogen) atoms. The molecule has 1 aromatic carbocycles. The lowest BCUT2D eigenvalue weighted by Gasteiger charge is -2.33. The summed E-state index contributed by atoms with van der Waals surface area (Å²) >= 11 is 0. The van der Waals surface area contributed by atoms with Crippen LogP contribution in [-0.4, -0.2) is 54.9 Å². The number of hydrogen-bond donors (Lipinski definition) is 1. The molecule has 0 unspecified atom stereocenters. The summed E-state index contributed by atoms with van der Waals surface area (Å²) < 4.78 is 22.5. The van der Waals surface area contributed by atoms with E-state index in [4.69, 9.17) is 18.8 Å². The highest BCUT2D eigenvalue weighted by Gasteiger charge is 2.51. The van der Waals surface area contributed by atoms with Gasteiger partial charge in [0.2, 0.25) is 5.91 Å². The number of carbonyl (C=O) groups excluding carboxylic acids is 3. The van der Waals surface area contributed by atoms with Crippen LogP contribution in [0.5, 0.6) is 0 Å². The Morgan fingerprint density at radius 1 is 0.906 bits per heavy atom. The van der Waals surface area contributed by atoms with E-state index in [9.17, 15) is 14.4 Å². The number of nitrogens with one attached hydrogen (secondary N) is 1. The lowest BCUT2D eigenvalue weighted by atomic mass is 9.78. The van der Waals surface area contributed by atoms with E-state index in [0.29, 0.717) is 12.8 Å². The Morgan fingerprint density at radius 3 is 1.78 bits per heavy atom. The summed E-state index contributed by atoms with van der Waals surface area (Å²) in [5, 5.41) is 2.82. The first-order chi connectivity index (χ1) is 14.8. The standard InChI is InChI=1S/C23H34BNO7/c1-16(26)25-23(14-29-17(2)27,15-30-18(3)28)13-12-19-8-10-20(11-9-19)24-31-21(4,5)22(6,7)32-24/h8-11H,12-15H2,1-7H3,(H,25,26). The fourth-order valence-corrected chi connectivity index (χ4v) is 3.38. The zero-order valence-corrected chi connectivity index (χ0v) is 20.1. The molecule has 0 atom stereocenters. The molecule has 1 N–H and O–H groups in total. The van der Waals surface area contributed by atoms with Crippen molar-refractivity contribution in [3.05, 3.63) is 29.8 Å². The second-order valence-electron chi connectivity index (χ2n) is 9.35. The Bertz CT molecular complexity index is 801. The molecule has 1 aromatic rings. The molecule has 0 aliphatic carbocycles. The summed E-state index contributed by atoms with van der Waals surface area (Å²) in [6.45, 7) is 11.8. The Kier molecular flexibility index (Phi) is 8.12. The molecule has 1 fully saturated rings. The number of amides is 1. The van der Waals surface area contributed by atoms with Gasteiger partial charge in [0.15, 0.2) is 0 Å². The molecule has 0 aromatic heterocycles. The van der Waals surface area contributed by atoms with Gasteiger partial charge in [-0.15, -0.1) is 0 Å². The molecule has 176 valence electrons. The van der Waals surface area contributed by atoms with Crippen molar-refractivity contribution >= 4 is 30.4 Å². The normalized spacial score (nSPS) is 17.0. The van der Waals surface area contributed by atoms with E-state index < -0.39 is 35.8 Å². The zero-order chi connectivity index (χ0) is 24.2. The predicted molar refractivity (Wildman–Crippen MR) is 120 cm³/mol. The SMILES string of the molecule is CC(=O)NC(CCc1ccc(B2OC(C)(C)C(C)(C)O2)cc1)(COC(C)=O)COC(C)=O. The third-order valence-corrected chi connectivity index (χ3v) is 5.94. The molecule has 0 radical (unpaired) electrons. The third kappa shape index (κ3) is 6.80. The van der Waals surface area contributed by atoms with Crippen LogP contribution in [0.2, 0.25) is 0 Å². The van der Waals surface area contributed by atoms with Gasteiger partial charge in [0, 0.05) is 20.8 Å². The molecule has 8 nitrogen and oxygen atoms in total. The molecule has 2 rings (SSSR count). The fraction of sp³-hybridized carbons (Fsp3) is 0.609. The summed E-state index contributed by atoms with van der Waals surface area (Å²) in [5.74, 6) is -1.26. The highest BCUT2D eigenvalue weighted by atomic mass is 16.7. The van der Waals surface area contributed by atoms with Crippen LogP contribution in [0.4, 0.5) is 0 Å². The van der Waals surface area contributed by atoms with Crippen LogP contribution < -0.4 is 10.8 Å². The number of esters is 2. The van der Waals surface area contributed by atoms with Gasteiger partial charge in [0.25, 0.3) is 0 Å². The molecule has 1 amide bonds. The van der Waals surface area contributed by atoms with Gasteiger partial charge >= 0.3 is 19.1 Å². The summed E-state index contributed by atoms with van der Waals surface area (Å²) in [6, 6.07) is 7.85. The average Bonchev–Trinajstić information content (AvgIpc) is 2.90. The van der Waals surface area contributed by atoms with Crippen molar-refractivity contribution in [1.82, 2.24) is 5.32 Å². The van der Waals surface area contributed by atoms with Gasteiger partial charge in [-0.3, -0.25) is 14.4 Å². The predicted octanol–water partition coefficient (Wildman–Crippen LogP) is 1.92. The van der Waals surface area contributed by atoms with Crippen molar-refractivity contribution in [2.24, 2.45) is 0 Å². The van der Waals surface area contributed by atoms with E-state index in [2.05, 4.69) is 5.32 Å². The van der Waals surface area contributed by atoms with Gasteiger partial charge in [-0.25, -0.2) is 0 Å². The zero-order valence-electron chi connectivity index (χ0n) is 20.1. The average molecular weight is 447 g/mol. The Hall–Kier alpha value is -2.39. The first-order valence-electron chi connectivity index (χ1n) is 10.8. The van der Waals surface area contributed by atoms with Crippen molar-refractivity contribution in [3.63, 3.8) is 0 Å². The summed E-state index contributed by atoms with van der Waals surface area (Å²) in [4.78, 5) is 34.6. The van der Waals surface area contributed by atoms with Crippen molar-refractivity contribution in [2.75, 3.05) is 13.2 Å². The first-order valence-corrected chi connectivity index (χ1v) is 10.8. The quantitative estimate of drug-likeness (QED) is 0.456. The van der Waals surface area contributed by atoms with Crippen molar-refractivity contribution in [2.45, 2.75) is 78.0 Å². The maximum atomic E-state index is 11.8. The molecule has 0 spiro atoms. The van der Waals surface area contributed by atoms with E-state index in [-0.39, 0.29) is 19.1 Å². The number of ether oxygens (including phenoxy) is 2. The minimum absolute atomic E-state index is 0.0960. The van der Waals surface area contributed by atoms with Crippen LogP contribution in [0.25, 0.3) is 0 Å². The molecule has 0 saturated carbocycles. The van der Waals surface area contributed by atoms with E-state index in [1.807, 2.05) is 52.0 Å².